The SMILES string of the molecule is Cc1sc(C(=O)N2CCN(C)CC2C)cc1N. The predicted molar refractivity (Wildman–Crippen MR) is 71.5 cm³/mol. The molecule has 0 bridgehead atoms. The summed E-state index contributed by atoms with van der Waals surface area (Å²) in [6.07, 6.45) is 0. The first-order valence-corrected chi connectivity index (χ1v) is 6.66. The van der Waals surface area contributed by atoms with Crippen LogP contribution < -0.4 is 5.73 Å². The minimum atomic E-state index is 0.121. The van der Waals surface area contributed by atoms with E-state index in [4.69, 9.17) is 5.73 Å². The molecular formula is C12H19N3OS. The van der Waals surface area contributed by atoms with Crippen LogP contribution in [0.1, 0.15) is 21.5 Å². The number of aryl methyl sites for hydroxylation is 1. The molecule has 0 radical (unpaired) electrons. The van der Waals surface area contributed by atoms with Crippen molar-refractivity contribution in [1.82, 2.24) is 9.80 Å². The van der Waals surface area contributed by atoms with Gasteiger partial charge in [-0.15, -0.1) is 11.3 Å². The fourth-order valence-corrected chi connectivity index (χ4v) is 3.08. The molecule has 1 aliphatic heterocycles. The summed E-state index contributed by atoms with van der Waals surface area (Å²) in [5.41, 5.74) is 6.52. The molecule has 1 amide bonds. The van der Waals surface area contributed by atoms with Gasteiger partial charge < -0.3 is 15.5 Å². The van der Waals surface area contributed by atoms with E-state index in [1.807, 2.05) is 11.8 Å². The second kappa shape index (κ2) is 4.66. The number of amides is 1. The largest absolute Gasteiger partial charge is 0.398 e. The topological polar surface area (TPSA) is 49.6 Å². The lowest BCUT2D eigenvalue weighted by Crippen LogP contribution is -2.52. The third kappa shape index (κ3) is 2.45. The number of thiophene rings is 1. The van der Waals surface area contributed by atoms with E-state index in [-0.39, 0.29) is 11.9 Å². The highest BCUT2D eigenvalue weighted by molar-refractivity contribution is 7.14. The standard InChI is InChI=1S/C12H19N3OS/c1-8-7-14(3)4-5-15(8)12(16)11-6-10(13)9(2)17-11/h6,8H,4-5,7,13H2,1-3H3. The van der Waals surface area contributed by atoms with Gasteiger partial charge in [0.05, 0.1) is 4.88 Å². The van der Waals surface area contributed by atoms with Crippen LogP contribution in [0.3, 0.4) is 0 Å². The van der Waals surface area contributed by atoms with Gasteiger partial charge in [-0.25, -0.2) is 0 Å². The maximum absolute atomic E-state index is 12.3. The number of rotatable bonds is 1. The Hall–Kier alpha value is -1.07. The van der Waals surface area contributed by atoms with Gasteiger partial charge in [0, 0.05) is 36.2 Å². The van der Waals surface area contributed by atoms with Crippen LogP contribution in [0.4, 0.5) is 5.69 Å². The molecule has 1 fully saturated rings. The van der Waals surface area contributed by atoms with Crippen LogP contribution in [-0.2, 0) is 0 Å². The zero-order valence-corrected chi connectivity index (χ0v) is 11.4. The number of nitrogens with two attached hydrogens (primary N) is 1. The molecule has 1 aliphatic rings. The van der Waals surface area contributed by atoms with Crippen molar-refractivity contribution in [3.05, 3.63) is 15.8 Å². The number of nitrogens with zero attached hydrogens (tertiary/aromatic N) is 2. The van der Waals surface area contributed by atoms with Gasteiger partial charge in [-0.1, -0.05) is 0 Å². The summed E-state index contributed by atoms with van der Waals surface area (Å²) in [5, 5.41) is 0. The smallest absolute Gasteiger partial charge is 0.264 e. The Morgan fingerprint density at radius 2 is 2.24 bits per heavy atom. The van der Waals surface area contributed by atoms with E-state index in [0.29, 0.717) is 0 Å². The van der Waals surface area contributed by atoms with Gasteiger partial charge in [-0.2, -0.15) is 0 Å². The number of piperazine rings is 1. The van der Waals surface area contributed by atoms with Crippen LogP contribution in [0.25, 0.3) is 0 Å². The zero-order chi connectivity index (χ0) is 12.6. The number of nitrogen functional groups attached to an aromatic ring is 1. The first-order valence-electron chi connectivity index (χ1n) is 5.84. The summed E-state index contributed by atoms with van der Waals surface area (Å²) in [6, 6.07) is 2.07. The maximum Gasteiger partial charge on any atom is 0.264 e. The van der Waals surface area contributed by atoms with E-state index in [0.717, 1.165) is 35.1 Å². The lowest BCUT2D eigenvalue weighted by molar-refractivity contribution is 0.0538. The highest BCUT2D eigenvalue weighted by Crippen LogP contribution is 2.25. The molecule has 0 aliphatic carbocycles. The number of hydrogen-bond acceptors (Lipinski definition) is 4. The molecule has 2 rings (SSSR count). The van der Waals surface area contributed by atoms with E-state index >= 15 is 0 Å². The summed E-state index contributed by atoms with van der Waals surface area (Å²) in [6.45, 7) is 6.72. The fraction of sp³-hybridized carbons (Fsp3) is 0.583. The molecule has 0 saturated carbocycles. The van der Waals surface area contributed by atoms with E-state index in [1.54, 1.807) is 6.07 Å². The second-order valence-electron chi connectivity index (χ2n) is 4.73. The van der Waals surface area contributed by atoms with Crippen LogP contribution >= 0.6 is 11.3 Å². The van der Waals surface area contributed by atoms with Crippen molar-refractivity contribution in [2.24, 2.45) is 0 Å². The molecule has 0 spiro atoms. The van der Waals surface area contributed by atoms with Gasteiger partial charge in [0.1, 0.15) is 0 Å². The molecule has 2 heterocycles. The van der Waals surface area contributed by atoms with Gasteiger partial charge in [0.15, 0.2) is 0 Å². The van der Waals surface area contributed by atoms with Crippen LogP contribution in [0, 0.1) is 6.92 Å². The van der Waals surface area contributed by atoms with E-state index in [9.17, 15) is 4.79 Å². The van der Waals surface area contributed by atoms with Crippen LogP contribution in [0.15, 0.2) is 6.07 Å². The molecule has 4 nitrogen and oxygen atoms in total. The van der Waals surface area contributed by atoms with Crippen molar-refractivity contribution >= 4 is 22.9 Å². The summed E-state index contributed by atoms with van der Waals surface area (Å²) in [5.74, 6) is 0.121. The Kier molecular flexibility index (Phi) is 3.40. The average molecular weight is 253 g/mol. The Balaban J connectivity index is 2.14. The van der Waals surface area contributed by atoms with Crippen molar-refractivity contribution in [2.75, 3.05) is 32.4 Å². The monoisotopic (exact) mass is 253 g/mol. The highest BCUT2D eigenvalue weighted by atomic mass is 32.1. The lowest BCUT2D eigenvalue weighted by Gasteiger charge is -2.38. The normalized spacial score (nSPS) is 21.8. The van der Waals surface area contributed by atoms with Crippen molar-refractivity contribution in [2.45, 2.75) is 19.9 Å². The Labute approximate surface area is 106 Å². The molecule has 94 valence electrons. The van der Waals surface area contributed by atoms with Gasteiger partial charge >= 0.3 is 0 Å². The molecule has 0 aromatic carbocycles. The fourth-order valence-electron chi connectivity index (χ4n) is 2.18. The summed E-state index contributed by atoms with van der Waals surface area (Å²) < 4.78 is 0. The van der Waals surface area contributed by atoms with Crippen LogP contribution in [0.5, 0.6) is 0 Å². The highest BCUT2D eigenvalue weighted by Gasteiger charge is 2.27. The first kappa shape index (κ1) is 12.4. The van der Waals surface area contributed by atoms with Crippen LogP contribution in [0.2, 0.25) is 0 Å². The molecule has 1 aromatic heterocycles. The first-order chi connectivity index (χ1) is 7.99. The molecule has 2 N–H and O–H groups in total. The quantitative estimate of drug-likeness (QED) is 0.823. The minimum Gasteiger partial charge on any atom is -0.398 e. The average Bonchev–Trinajstić information content (AvgIpc) is 2.58. The third-order valence-corrected chi connectivity index (χ3v) is 4.31. The summed E-state index contributed by atoms with van der Waals surface area (Å²) >= 11 is 1.49. The molecule has 1 saturated heterocycles. The molecule has 1 aromatic rings. The summed E-state index contributed by atoms with van der Waals surface area (Å²) in [7, 11) is 2.09. The van der Waals surface area contributed by atoms with Gasteiger partial charge in [-0.3, -0.25) is 4.79 Å². The van der Waals surface area contributed by atoms with E-state index in [2.05, 4.69) is 18.9 Å². The molecule has 5 heteroatoms. The third-order valence-electron chi connectivity index (χ3n) is 3.26. The number of anilines is 1. The Bertz CT molecular complexity index is 410. The number of carbonyl (C=O) groups excluding carboxylic acids is 1. The predicted octanol–water partition coefficient (Wildman–Crippen LogP) is 1.41. The molecular weight excluding hydrogens is 234 g/mol. The van der Waals surface area contributed by atoms with Gasteiger partial charge in [-0.05, 0) is 27.0 Å². The molecule has 17 heavy (non-hydrogen) atoms. The van der Waals surface area contributed by atoms with Crippen molar-refractivity contribution in [3.63, 3.8) is 0 Å². The zero-order valence-electron chi connectivity index (χ0n) is 10.6. The number of carbonyl (C=O) groups is 1. The molecule has 1 unspecified atom stereocenters. The Morgan fingerprint density at radius 3 is 2.76 bits per heavy atom. The number of likely N-dealkylation sites (N-methyl/N-ethyl adjacent to an activating group) is 1. The van der Waals surface area contributed by atoms with Crippen molar-refractivity contribution in [3.8, 4) is 0 Å². The number of hydrogen-bond donors (Lipinski definition) is 1. The van der Waals surface area contributed by atoms with Gasteiger partial charge in [0.2, 0.25) is 0 Å². The van der Waals surface area contributed by atoms with E-state index in [1.165, 1.54) is 11.3 Å². The maximum atomic E-state index is 12.3. The lowest BCUT2D eigenvalue weighted by atomic mass is 10.2. The molecule has 1 atom stereocenters. The van der Waals surface area contributed by atoms with Crippen molar-refractivity contribution < 1.29 is 4.79 Å². The summed E-state index contributed by atoms with van der Waals surface area (Å²) in [4.78, 5) is 18.3. The second-order valence-corrected chi connectivity index (χ2v) is 5.99. The Morgan fingerprint density at radius 1 is 1.53 bits per heavy atom. The van der Waals surface area contributed by atoms with Gasteiger partial charge in [0.25, 0.3) is 5.91 Å². The van der Waals surface area contributed by atoms with Crippen molar-refractivity contribution in [1.29, 1.82) is 0 Å². The van der Waals surface area contributed by atoms with Crippen LogP contribution in [-0.4, -0.2) is 48.4 Å². The van der Waals surface area contributed by atoms with E-state index < -0.39 is 0 Å². The minimum absolute atomic E-state index is 0.121.